The van der Waals surface area contributed by atoms with E-state index in [1.54, 1.807) is 0 Å². The maximum atomic E-state index is 12.9. The number of carbonyl (C=O) groups excluding carboxylic acids is 1. The molecule has 0 spiro atoms. The fourth-order valence-corrected chi connectivity index (χ4v) is 4.37. The van der Waals surface area contributed by atoms with Gasteiger partial charge in [0.15, 0.2) is 0 Å². The summed E-state index contributed by atoms with van der Waals surface area (Å²) in [6.45, 7) is 4.30. The Morgan fingerprint density at radius 3 is 2.25 bits per heavy atom. The topological polar surface area (TPSA) is 32.8 Å². The van der Waals surface area contributed by atoms with Crippen LogP contribution in [-0.2, 0) is 13.2 Å². The summed E-state index contributed by atoms with van der Waals surface area (Å²) < 4.78 is 6.77. The zero-order valence-electron chi connectivity index (χ0n) is 17.4. The molecule has 3 aromatic carbocycles. The molecule has 0 unspecified atom stereocenters. The molecule has 4 nitrogen and oxygen atoms in total. The molecular weight excluding hydrogens is 511 g/mol. The number of hydrogen-bond acceptors (Lipinski definition) is 3. The van der Waals surface area contributed by atoms with Crippen LogP contribution in [0.3, 0.4) is 0 Å². The molecule has 0 aromatic heterocycles. The molecule has 0 saturated carbocycles. The third kappa shape index (κ3) is 5.84. The summed E-state index contributed by atoms with van der Waals surface area (Å²) in [6, 6.07) is 21.1. The van der Waals surface area contributed by atoms with E-state index in [1.807, 2.05) is 71.6 Å². The van der Waals surface area contributed by atoms with Crippen molar-refractivity contribution in [3.63, 3.8) is 0 Å². The Balaban J connectivity index is 1.28. The monoisotopic (exact) mass is 532 g/mol. The fourth-order valence-electron chi connectivity index (χ4n) is 3.65. The number of halogens is 3. The Hall–Kier alpha value is -2.05. The highest BCUT2D eigenvalue weighted by Gasteiger charge is 2.22. The Bertz CT molecular complexity index is 1080. The number of ether oxygens (including phenoxy) is 1. The Labute approximate surface area is 206 Å². The highest BCUT2D eigenvalue weighted by atomic mass is 79.9. The Kier molecular flexibility index (Phi) is 7.74. The van der Waals surface area contributed by atoms with Crippen LogP contribution in [0.1, 0.15) is 21.5 Å². The van der Waals surface area contributed by atoms with Crippen molar-refractivity contribution in [2.75, 3.05) is 26.2 Å². The Morgan fingerprint density at radius 1 is 0.875 bits per heavy atom. The van der Waals surface area contributed by atoms with E-state index in [0.29, 0.717) is 35.3 Å². The average molecular weight is 534 g/mol. The van der Waals surface area contributed by atoms with E-state index in [4.69, 9.17) is 27.9 Å². The minimum atomic E-state index is 0.0671. The molecule has 1 heterocycles. The first-order valence-electron chi connectivity index (χ1n) is 10.4. The number of para-hydroxylation sites is 1. The lowest BCUT2D eigenvalue weighted by Crippen LogP contribution is -2.48. The third-order valence-corrected chi connectivity index (χ3v) is 6.88. The molecule has 1 aliphatic rings. The summed E-state index contributed by atoms with van der Waals surface area (Å²) in [4.78, 5) is 17.2. The van der Waals surface area contributed by atoms with Crippen molar-refractivity contribution in [3.8, 4) is 5.75 Å². The van der Waals surface area contributed by atoms with Gasteiger partial charge in [0.25, 0.3) is 5.91 Å². The Morgan fingerprint density at radius 2 is 1.56 bits per heavy atom. The molecule has 1 amide bonds. The number of rotatable bonds is 6. The van der Waals surface area contributed by atoms with Crippen molar-refractivity contribution in [2.45, 2.75) is 13.2 Å². The predicted octanol–water partition coefficient (Wildman–Crippen LogP) is 6.29. The maximum Gasteiger partial charge on any atom is 0.253 e. The molecule has 0 atom stereocenters. The first-order chi connectivity index (χ1) is 15.5. The summed E-state index contributed by atoms with van der Waals surface area (Å²) in [6.07, 6.45) is 0. The predicted molar refractivity (Wildman–Crippen MR) is 133 cm³/mol. The van der Waals surface area contributed by atoms with Gasteiger partial charge in [-0.1, -0.05) is 53.5 Å². The van der Waals surface area contributed by atoms with Gasteiger partial charge in [-0.2, -0.15) is 0 Å². The fraction of sp³-hybridized carbons (Fsp3) is 0.240. The number of piperazine rings is 1. The minimum absolute atomic E-state index is 0.0671. The number of amides is 1. The number of benzene rings is 3. The minimum Gasteiger partial charge on any atom is -0.488 e. The second kappa shape index (κ2) is 10.7. The normalized spacial score (nSPS) is 14.4. The lowest BCUT2D eigenvalue weighted by Gasteiger charge is -2.34. The van der Waals surface area contributed by atoms with E-state index in [9.17, 15) is 4.79 Å². The van der Waals surface area contributed by atoms with Gasteiger partial charge in [0, 0.05) is 38.3 Å². The van der Waals surface area contributed by atoms with Crippen LogP contribution in [0.25, 0.3) is 0 Å². The molecule has 3 aromatic rings. The van der Waals surface area contributed by atoms with E-state index in [2.05, 4.69) is 20.8 Å². The SMILES string of the molecule is O=C(c1ccc(COc2ccccc2Br)cc1)N1CCN(Cc2ccc(Cl)c(Cl)c2)CC1. The molecular formula is C25H23BrCl2N2O2. The van der Waals surface area contributed by atoms with Crippen LogP contribution >= 0.6 is 39.1 Å². The van der Waals surface area contributed by atoms with Crippen molar-refractivity contribution >= 4 is 45.0 Å². The second-order valence-electron chi connectivity index (χ2n) is 7.73. The summed E-state index contributed by atoms with van der Waals surface area (Å²) >= 11 is 15.6. The number of hydrogen-bond donors (Lipinski definition) is 0. The van der Waals surface area contributed by atoms with Crippen LogP contribution < -0.4 is 4.74 Å². The van der Waals surface area contributed by atoms with Gasteiger partial charge in [-0.05, 0) is 63.5 Å². The highest BCUT2D eigenvalue weighted by molar-refractivity contribution is 9.10. The standard InChI is InChI=1S/C25H23BrCl2N2O2/c26-21-3-1-2-4-24(21)32-17-18-5-8-20(9-6-18)25(31)30-13-11-29(12-14-30)16-19-7-10-22(27)23(28)15-19/h1-10,15H,11-14,16-17H2. The molecule has 1 fully saturated rings. The molecule has 32 heavy (non-hydrogen) atoms. The molecule has 0 bridgehead atoms. The van der Waals surface area contributed by atoms with Gasteiger partial charge in [0.2, 0.25) is 0 Å². The van der Waals surface area contributed by atoms with Crippen molar-refractivity contribution < 1.29 is 9.53 Å². The summed E-state index contributed by atoms with van der Waals surface area (Å²) in [5.41, 5.74) is 2.84. The molecule has 166 valence electrons. The quantitative estimate of drug-likeness (QED) is 0.373. The van der Waals surface area contributed by atoms with E-state index in [0.717, 1.165) is 41.0 Å². The van der Waals surface area contributed by atoms with Gasteiger partial charge in [-0.3, -0.25) is 9.69 Å². The van der Waals surface area contributed by atoms with Gasteiger partial charge in [-0.25, -0.2) is 0 Å². The van der Waals surface area contributed by atoms with Crippen LogP contribution in [0.4, 0.5) is 0 Å². The van der Waals surface area contributed by atoms with E-state index in [1.165, 1.54) is 0 Å². The number of nitrogens with zero attached hydrogens (tertiary/aromatic N) is 2. The van der Waals surface area contributed by atoms with Gasteiger partial charge in [0.1, 0.15) is 12.4 Å². The molecule has 0 N–H and O–H groups in total. The van der Waals surface area contributed by atoms with Crippen molar-refractivity contribution in [3.05, 3.63) is 97.9 Å². The van der Waals surface area contributed by atoms with Crippen LogP contribution in [0, 0.1) is 0 Å². The maximum absolute atomic E-state index is 12.9. The first-order valence-corrected chi connectivity index (χ1v) is 12.0. The van der Waals surface area contributed by atoms with Gasteiger partial charge in [0.05, 0.1) is 14.5 Å². The molecule has 7 heteroatoms. The van der Waals surface area contributed by atoms with Crippen LogP contribution in [0.5, 0.6) is 5.75 Å². The molecule has 1 aliphatic heterocycles. The van der Waals surface area contributed by atoms with Crippen LogP contribution in [-0.4, -0.2) is 41.9 Å². The van der Waals surface area contributed by atoms with Crippen LogP contribution in [0.2, 0.25) is 10.0 Å². The van der Waals surface area contributed by atoms with E-state index in [-0.39, 0.29) is 5.91 Å². The molecule has 0 radical (unpaired) electrons. The van der Waals surface area contributed by atoms with Crippen molar-refractivity contribution in [2.24, 2.45) is 0 Å². The first kappa shape index (κ1) is 23.1. The van der Waals surface area contributed by atoms with Gasteiger partial charge < -0.3 is 9.64 Å². The van der Waals surface area contributed by atoms with Crippen LogP contribution in [0.15, 0.2) is 71.2 Å². The highest BCUT2D eigenvalue weighted by Crippen LogP contribution is 2.25. The zero-order chi connectivity index (χ0) is 22.5. The van der Waals surface area contributed by atoms with E-state index >= 15 is 0 Å². The summed E-state index contributed by atoms with van der Waals surface area (Å²) in [5.74, 6) is 0.865. The van der Waals surface area contributed by atoms with Crippen molar-refractivity contribution in [1.82, 2.24) is 9.80 Å². The molecule has 0 aliphatic carbocycles. The van der Waals surface area contributed by atoms with Crippen molar-refractivity contribution in [1.29, 1.82) is 0 Å². The third-order valence-electron chi connectivity index (χ3n) is 5.48. The van der Waals surface area contributed by atoms with E-state index < -0.39 is 0 Å². The van der Waals surface area contributed by atoms with Gasteiger partial charge in [-0.15, -0.1) is 0 Å². The smallest absolute Gasteiger partial charge is 0.253 e. The summed E-state index contributed by atoms with van der Waals surface area (Å²) in [7, 11) is 0. The van der Waals surface area contributed by atoms with Gasteiger partial charge >= 0.3 is 0 Å². The zero-order valence-corrected chi connectivity index (χ0v) is 20.5. The average Bonchev–Trinajstić information content (AvgIpc) is 2.81. The number of carbonyl (C=O) groups is 1. The second-order valence-corrected chi connectivity index (χ2v) is 9.40. The molecule has 4 rings (SSSR count). The largest absolute Gasteiger partial charge is 0.488 e. The lowest BCUT2D eigenvalue weighted by molar-refractivity contribution is 0.0628. The molecule has 1 saturated heterocycles. The summed E-state index contributed by atoms with van der Waals surface area (Å²) in [5, 5.41) is 1.14. The lowest BCUT2D eigenvalue weighted by atomic mass is 10.1.